The Morgan fingerprint density at radius 2 is 2.12 bits per heavy atom. The van der Waals surface area contributed by atoms with E-state index in [4.69, 9.17) is 12.2 Å². The fraction of sp³-hybridized carbons (Fsp3) is 0.769. The largest absolute Gasteiger partial charge is 0.331 e. The molecule has 0 aromatic carbocycles. The topological polar surface area (TPSA) is 46.3 Å². The molecule has 0 radical (unpaired) electrons. The zero-order valence-electron chi connectivity index (χ0n) is 9.69. The number of rotatable bonds is 6. The first-order chi connectivity index (χ1) is 7.70. The maximum Gasteiger partial charge on any atom is 0.224 e. The van der Waals surface area contributed by atoms with Crippen LogP contribution < -0.4 is 5.73 Å². The van der Waals surface area contributed by atoms with E-state index in [2.05, 4.69) is 5.92 Å². The van der Waals surface area contributed by atoms with Gasteiger partial charge in [0.2, 0.25) is 5.91 Å². The average molecular weight is 220 g/mol. The molecule has 0 aromatic rings. The molecule has 2 fully saturated rings. The van der Waals surface area contributed by atoms with Crippen molar-refractivity contribution in [2.45, 2.75) is 38.1 Å². The Bertz CT molecular complexity index is 300. The smallest absolute Gasteiger partial charge is 0.224 e. The van der Waals surface area contributed by atoms with E-state index in [0.717, 1.165) is 6.54 Å². The summed E-state index contributed by atoms with van der Waals surface area (Å²) in [7, 11) is 0. The van der Waals surface area contributed by atoms with Crippen LogP contribution in [-0.2, 0) is 4.79 Å². The highest BCUT2D eigenvalue weighted by Gasteiger charge is 2.32. The lowest BCUT2D eigenvalue weighted by Crippen LogP contribution is -2.38. The summed E-state index contributed by atoms with van der Waals surface area (Å²) in [5, 5.41) is 0. The predicted octanol–water partition coefficient (Wildman–Crippen LogP) is 0.986. The summed E-state index contributed by atoms with van der Waals surface area (Å²) >= 11 is 0. The van der Waals surface area contributed by atoms with E-state index in [-0.39, 0.29) is 11.9 Å². The summed E-state index contributed by atoms with van der Waals surface area (Å²) in [4.78, 5) is 13.8. The summed E-state index contributed by atoms with van der Waals surface area (Å²) in [6, 6.07) is 0.0481. The number of nitrogens with zero attached hydrogens (tertiary/aromatic N) is 1. The molecule has 16 heavy (non-hydrogen) atoms. The van der Waals surface area contributed by atoms with Crippen molar-refractivity contribution in [3.05, 3.63) is 0 Å². The zero-order valence-corrected chi connectivity index (χ0v) is 9.69. The molecule has 0 aromatic heterocycles. The molecule has 0 spiro atoms. The van der Waals surface area contributed by atoms with Crippen LogP contribution in [0.15, 0.2) is 0 Å². The van der Waals surface area contributed by atoms with Crippen molar-refractivity contribution < 1.29 is 4.79 Å². The maximum absolute atomic E-state index is 12.0. The van der Waals surface area contributed by atoms with E-state index in [9.17, 15) is 4.79 Å². The minimum Gasteiger partial charge on any atom is -0.331 e. The van der Waals surface area contributed by atoms with Crippen LogP contribution in [0.3, 0.4) is 0 Å². The van der Waals surface area contributed by atoms with Gasteiger partial charge < -0.3 is 10.6 Å². The molecule has 2 rings (SSSR count). The molecular weight excluding hydrogens is 200 g/mol. The fourth-order valence-corrected chi connectivity index (χ4v) is 2.00. The highest BCUT2D eigenvalue weighted by Crippen LogP contribution is 2.33. The van der Waals surface area contributed by atoms with Gasteiger partial charge in [0, 0.05) is 19.0 Å². The van der Waals surface area contributed by atoms with Gasteiger partial charge in [0.15, 0.2) is 0 Å². The molecule has 0 heterocycles. The van der Waals surface area contributed by atoms with E-state index in [1.807, 2.05) is 0 Å². The second-order valence-corrected chi connectivity index (χ2v) is 5.13. The van der Waals surface area contributed by atoms with Crippen molar-refractivity contribution in [3.63, 3.8) is 0 Å². The van der Waals surface area contributed by atoms with E-state index in [1.54, 1.807) is 4.90 Å². The molecule has 0 saturated heterocycles. The molecule has 2 aliphatic rings. The molecule has 1 unspecified atom stereocenters. The van der Waals surface area contributed by atoms with Gasteiger partial charge in [-0.25, -0.2) is 0 Å². The minimum absolute atomic E-state index is 0.0481. The zero-order chi connectivity index (χ0) is 11.5. The van der Waals surface area contributed by atoms with Crippen molar-refractivity contribution in [1.29, 1.82) is 0 Å². The lowest BCUT2D eigenvalue weighted by atomic mass is 10.1. The van der Waals surface area contributed by atoms with Crippen LogP contribution in [0, 0.1) is 24.2 Å². The number of hydrogen-bond donors (Lipinski definition) is 1. The first-order valence-electron chi connectivity index (χ1n) is 6.17. The fourth-order valence-electron chi connectivity index (χ4n) is 2.00. The predicted molar refractivity (Wildman–Crippen MR) is 63.5 cm³/mol. The summed E-state index contributed by atoms with van der Waals surface area (Å²) in [5.74, 6) is 3.98. The summed E-state index contributed by atoms with van der Waals surface area (Å²) < 4.78 is 0. The average Bonchev–Trinajstić information content (AvgIpc) is 3.11. The molecule has 3 nitrogen and oxygen atoms in total. The Hall–Kier alpha value is -1.01. The molecule has 1 atom stereocenters. The molecule has 0 bridgehead atoms. The molecule has 2 saturated carbocycles. The van der Waals surface area contributed by atoms with Crippen LogP contribution in [0.2, 0.25) is 0 Å². The normalized spacial score (nSPS) is 21.2. The Labute approximate surface area is 97.4 Å². The summed E-state index contributed by atoms with van der Waals surface area (Å²) in [6.07, 6.45) is 10.6. The Morgan fingerprint density at radius 1 is 1.44 bits per heavy atom. The standard InChI is InChI=1S/C13H20N2O/c1-2-7-15(9-10-3-4-10)13(16)8-12(14)11-5-6-11/h1,10-12H,3-9,14H2. The van der Waals surface area contributed by atoms with Crippen LogP contribution in [0.5, 0.6) is 0 Å². The van der Waals surface area contributed by atoms with Crippen molar-refractivity contribution in [3.8, 4) is 12.3 Å². The van der Waals surface area contributed by atoms with Gasteiger partial charge >= 0.3 is 0 Å². The lowest BCUT2D eigenvalue weighted by Gasteiger charge is -2.22. The van der Waals surface area contributed by atoms with Crippen molar-refractivity contribution >= 4 is 5.91 Å². The van der Waals surface area contributed by atoms with Gasteiger partial charge in [-0.2, -0.15) is 0 Å². The number of amides is 1. The highest BCUT2D eigenvalue weighted by molar-refractivity contribution is 5.77. The van der Waals surface area contributed by atoms with E-state index < -0.39 is 0 Å². The molecule has 0 aliphatic heterocycles. The van der Waals surface area contributed by atoms with E-state index in [0.29, 0.717) is 24.8 Å². The molecular formula is C13H20N2O. The molecule has 3 heteroatoms. The van der Waals surface area contributed by atoms with Crippen molar-refractivity contribution in [2.24, 2.45) is 17.6 Å². The Kier molecular flexibility index (Phi) is 3.50. The van der Waals surface area contributed by atoms with Gasteiger partial charge in [-0.1, -0.05) is 5.92 Å². The van der Waals surface area contributed by atoms with Crippen molar-refractivity contribution in [2.75, 3.05) is 13.1 Å². The first-order valence-corrected chi connectivity index (χ1v) is 6.17. The third-order valence-corrected chi connectivity index (χ3v) is 3.45. The Morgan fingerprint density at radius 3 is 2.62 bits per heavy atom. The molecule has 88 valence electrons. The highest BCUT2D eigenvalue weighted by atomic mass is 16.2. The van der Waals surface area contributed by atoms with Crippen LogP contribution in [0.4, 0.5) is 0 Å². The number of carbonyl (C=O) groups is 1. The third kappa shape index (κ3) is 3.24. The van der Waals surface area contributed by atoms with Crippen LogP contribution in [0.1, 0.15) is 32.1 Å². The summed E-state index contributed by atoms with van der Waals surface area (Å²) in [5.41, 5.74) is 5.96. The molecule has 2 aliphatic carbocycles. The van der Waals surface area contributed by atoms with Gasteiger partial charge in [-0.05, 0) is 37.5 Å². The second-order valence-electron chi connectivity index (χ2n) is 5.13. The van der Waals surface area contributed by atoms with Gasteiger partial charge in [0.25, 0.3) is 0 Å². The van der Waals surface area contributed by atoms with Crippen LogP contribution in [-0.4, -0.2) is 29.9 Å². The maximum atomic E-state index is 12.0. The summed E-state index contributed by atoms with van der Waals surface area (Å²) in [6.45, 7) is 1.27. The van der Waals surface area contributed by atoms with Gasteiger partial charge in [-0.15, -0.1) is 6.42 Å². The van der Waals surface area contributed by atoms with Gasteiger partial charge in [0.1, 0.15) is 0 Å². The van der Waals surface area contributed by atoms with E-state index >= 15 is 0 Å². The number of nitrogens with two attached hydrogens (primary N) is 1. The number of hydrogen-bond acceptors (Lipinski definition) is 2. The first kappa shape index (κ1) is 11.5. The van der Waals surface area contributed by atoms with Gasteiger partial charge in [-0.3, -0.25) is 4.79 Å². The Balaban J connectivity index is 1.80. The number of terminal acetylenes is 1. The lowest BCUT2D eigenvalue weighted by molar-refractivity contribution is -0.131. The SMILES string of the molecule is C#CCN(CC1CC1)C(=O)CC(N)C1CC1. The van der Waals surface area contributed by atoms with Crippen molar-refractivity contribution in [1.82, 2.24) is 4.90 Å². The van der Waals surface area contributed by atoms with Crippen LogP contribution >= 0.6 is 0 Å². The minimum atomic E-state index is 0.0481. The van der Waals surface area contributed by atoms with Gasteiger partial charge in [0.05, 0.1) is 6.54 Å². The molecule has 1 amide bonds. The molecule has 2 N–H and O–H groups in total. The van der Waals surface area contributed by atoms with Crippen LogP contribution in [0.25, 0.3) is 0 Å². The van der Waals surface area contributed by atoms with E-state index in [1.165, 1.54) is 25.7 Å². The third-order valence-electron chi connectivity index (χ3n) is 3.45. The number of carbonyl (C=O) groups excluding carboxylic acids is 1. The quantitative estimate of drug-likeness (QED) is 0.678. The second kappa shape index (κ2) is 4.88. The monoisotopic (exact) mass is 220 g/mol.